The van der Waals surface area contributed by atoms with Gasteiger partial charge < -0.3 is 5.32 Å². The number of rotatable bonds is 2. The van der Waals surface area contributed by atoms with Gasteiger partial charge in [-0.05, 0) is 47.1 Å². The molecular weight excluding hydrogens is 194 g/mol. The van der Waals surface area contributed by atoms with Crippen molar-refractivity contribution >= 4 is 0 Å². The molecule has 2 rings (SSSR count). The van der Waals surface area contributed by atoms with Crippen LogP contribution in [0.4, 0.5) is 0 Å². The van der Waals surface area contributed by atoms with Crippen molar-refractivity contribution in [3.63, 3.8) is 0 Å². The summed E-state index contributed by atoms with van der Waals surface area (Å²) in [4.78, 5) is 0. The largest absolute Gasteiger partial charge is 0.312 e. The smallest absolute Gasteiger partial charge is 0.0208 e. The number of hydrogen-bond donors (Lipinski definition) is 1. The zero-order valence-electron chi connectivity index (χ0n) is 10.9. The van der Waals surface area contributed by atoms with Gasteiger partial charge in [0.15, 0.2) is 0 Å². The van der Waals surface area contributed by atoms with E-state index in [0.717, 1.165) is 13.1 Å². The van der Waals surface area contributed by atoms with Crippen molar-refractivity contribution in [2.24, 2.45) is 0 Å². The summed E-state index contributed by atoms with van der Waals surface area (Å²) in [6.07, 6.45) is 1.19. The molecule has 16 heavy (non-hydrogen) atoms. The molecule has 0 saturated heterocycles. The molecule has 0 saturated carbocycles. The van der Waals surface area contributed by atoms with Crippen molar-refractivity contribution in [2.75, 3.05) is 6.54 Å². The summed E-state index contributed by atoms with van der Waals surface area (Å²) in [5.74, 6) is 1.27. The predicted octanol–water partition coefficient (Wildman–Crippen LogP) is 3.58. The van der Waals surface area contributed by atoms with Crippen LogP contribution in [0.3, 0.4) is 0 Å². The summed E-state index contributed by atoms with van der Waals surface area (Å²) < 4.78 is 0. The Kier molecular flexibility index (Phi) is 3.34. The zero-order valence-corrected chi connectivity index (χ0v) is 10.9. The first-order valence-electron chi connectivity index (χ1n) is 6.46. The molecule has 0 aromatic heterocycles. The predicted molar refractivity (Wildman–Crippen MR) is 70.0 cm³/mol. The first-order valence-corrected chi connectivity index (χ1v) is 6.46. The summed E-state index contributed by atoms with van der Waals surface area (Å²) >= 11 is 0. The van der Waals surface area contributed by atoms with Crippen molar-refractivity contribution in [3.05, 3.63) is 34.4 Å². The van der Waals surface area contributed by atoms with E-state index in [1.165, 1.54) is 17.5 Å². The summed E-state index contributed by atoms with van der Waals surface area (Å²) in [6.45, 7) is 11.4. The molecular formula is C15H23N. The molecule has 1 heteroatoms. The van der Waals surface area contributed by atoms with Crippen molar-refractivity contribution in [3.8, 4) is 0 Å². The van der Waals surface area contributed by atoms with Crippen molar-refractivity contribution in [1.29, 1.82) is 0 Å². The molecule has 0 spiro atoms. The lowest BCUT2D eigenvalue weighted by molar-refractivity contribution is 0.638. The number of nitrogens with one attached hydrogen (secondary N) is 1. The van der Waals surface area contributed by atoms with Crippen LogP contribution in [0.1, 0.15) is 61.8 Å². The average molecular weight is 217 g/mol. The highest BCUT2D eigenvalue weighted by Gasteiger charge is 2.16. The molecule has 0 fully saturated rings. The van der Waals surface area contributed by atoms with Crippen LogP contribution in [0, 0.1) is 0 Å². The van der Waals surface area contributed by atoms with E-state index in [-0.39, 0.29) is 0 Å². The van der Waals surface area contributed by atoms with Crippen LogP contribution >= 0.6 is 0 Å². The molecule has 0 bridgehead atoms. The van der Waals surface area contributed by atoms with Crippen molar-refractivity contribution < 1.29 is 0 Å². The normalized spacial score (nSPS) is 15.6. The molecule has 0 atom stereocenters. The second-order valence-electron chi connectivity index (χ2n) is 5.49. The lowest BCUT2D eigenvalue weighted by atomic mass is 9.85. The summed E-state index contributed by atoms with van der Waals surface area (Å²) in [5, 5.41) is 3.46. The molecule has 1 heterocycles. The molecule has 0 radical (unpaired) electrons. The van der Waals surface area contributed by atoms with Gasteiger partial charge in [-0.1, -0.05) is 39.8 Å². The highest BCUT2D eigenvalue weighted by atomic mass is 14.9. The lowest BCUT2D eigenvalue weighted by Gasteiger charge is -2.23. The lowest BCUT2D eigenvalue weighted by Crippen LogP contribution is -2.24. The standard InChI is InChI=1S/C15H23N/c1-10(2)14-7-12-5-6-16-9-13(12)8-15(14)11(3)4/h7-8,10-11,16H,5-6,9H2,1-4H3. The number of hydrogen-bond acceptors (Lipinski definition) is 1. The molecule has 88 valence electrons. The van der Waals surface area contributed by atoms with Gasteiger partial charge in [0.05, 0.1) is 0 Å². The van der Waals surface area contributed by atoms with E-state index in [4.69, 9.17) is 0 Å². The van der Waals surface area contributed by atoms with E-state index in [1.807, 2.05) is 0 Å². The number of fused-ring (bicyclic) bond motifs is 1. The number of benzene rings is 1. The van der Waals surface area contributed by atoms with Crippen LogP contribution in [0.5, 0.6) is 0 Å². The third-order valence-electron chi connectivity index (χ3n) is 3.54. The van der Waals surface area contributed by atoms with E-state index in [9.17, 15) is 0 Å². The fraction of sp³-hybridized carbons (Fsp3) is 0.600. The molecule has 1 nitrogen and oxygen atoms in total. The molecule has 1 aromatic carbocycles. The first-order chi connectivity index (χ1) is 7.59. The van der Waals surface area contributed by atoms with E-state index < -0.39 is 0 Å². The molecule has 0 amide bonds. The maximum absolute atomic E-state index is 3.46. The van der Waals surface area contributed by atoms with Crippen LogP contribution in [0.2, 0.25) is 0 Å². The Morgan fingerprint density at radius 2 is 1.50 bits per heavy atom. The summed E-state index contributed by atoms with van der Waals surface area (Å²) in [6, 6.07) is 4.89. The van der Waals surface area contributed by atoms with Gasteiger partial charge in [0.25, 0.3) is 0 Å². The van der Waals surface area contributed by atoms with Crippen LogP contribution in [-0.4, -0.2) is 6.54 Å². The molecule has 0 aliphatic carbocycles. The van der Waals surface area contributed by atoms with Gasteiger partial charge in [-0.15, -0.1) is 0 Å². The Balaban J connectivity index is 2.50. The van der Waals surface area contributed by atoms with Crippen LogP contribution in [0.25, 0.3) is 0 Å². The fourth-order valence-corrected chi connectivity index (χ4v) is 2.57. The fourth-order valence-electron chi connectivity index (χ4n) is 2.57. The maximum Gasteiger partial charge on any atom is 0.0208 e. The Morgan fingerprint density at radius 1 is 0.938 bits per heavy atom. The molecule has 1 aromatic rings. The average Bonchev–Trinajstić information content (AvgIpc) is 2.27. The van der Waals surface area contributed by atoms with Gasteiger partial charge in [-0.2, -0.15) is 0 Å². The maximum atomic E-state index is 3.46. The Hall–Kier alpha value is -0.820. The Labute approximate surface area is 99.3 Å². The minimum Gasteiger partial charge on any atom is -0.312 e. The minimum absolute atomic E-state index is 0.629. The molecule has 0 unspecified atom stereocenters. The molecule has 1 aliphatic rings. The highest BCUT2D eigenvalue weighted by Crippen LogP contribution is 2.30. The second kappa shape index (κ2) is 4.58. The van der Waals surface area contributed by atoms with Crippen LogP contribution in [-0.2, 0) is 13.0 Å². The summed E-state index contributed by atoms with van der Waals surface area (Å²) in [7, 11) is 0. The van der Waals surface area contributed by atoms with E-state index in [0.29, 0.717) is 11.8 Å². The molecule has 1 aliphatic heterocycles. The summed E-state index contributed by atoms with van der Waals surface area (Å²) in [5.41, 5.74) is 6.17. The monoisotopic (exact) mass is 217 g/mol. The third-order valence-corrected chi connectivity index (χ3v) is 3.54. The Bertz CT molecular complexity index is 340. The first kappa shape index (κ1) is 11.7. The van der Waals surface area contributed by atoms with E-state index >= 15 is 0 Å². The quantitative estimate of drug-likeness (QED) is 0.798. The van der Waals surface area contributed by atoms with Gasteiger partial charge >= 0.3 is 0 Å². The third kappa shape index (κ3) is 2.15. The topological polar surface area (TPSA) is 12.0 Å². The van der Waals surface area contributed by atoms with E-state index in [1.54, 1.807) is 11.1 Å². The van der Waals surface area contributed by atoms with Gasteiger partial charge in [0, 0.05) is 6.54 Å². The second-order valence-corrected chi connectivity index (χ2v) is 5.49. The van der Waals surface area contributed by atoms with Crippen molar-refractivity contribution in [2.45, 2.75) is 52.5 Å². The van der Waals surface area contributed by atoms with Gasteiger partial charge in [-0.25, -0.2) is 0 Å². The molecule has 1 N–H and O–H groups in total. The highest BCUT2D eigenvalue weighted by molar-refractivity contribution is 5.42. The Morgan fingerprint density at radius 3 is 2.06 bits per heavy atom. The van der Waals surface area contributed by atoms with Crippen LogP contribution in [0.15, 0.2) is 12.1 Å². The van der Waals surface area contributed by atoms with E-state index in [2.05, 4.69) is 45.1 Å². The van der Waals surface area contributed by atoms with Gasteiger partial charge in [0.2, 0.25) is 0 Å². The van der Waals surface area contributed by atoms with Gasteiger partial charge in [-0.3, -0.25) is 0 Å². The van der Waals surface area contributed by atoms with Crippen LogP contribution < -0.4 is 5.32 Å². The zero-order chi connectivity index (χ0) is 11.7. The SMILES string of the molecule is CC(C)c1cc2c(cc1C(C)C)CNCC2. The minimum atomic E-state index is 0.629. The van der Waals surface area contributed by atoms with Gasteiger partial charge in [0.1, 0.15) is 0 Å². The van der Waals surface area contributed by atoms with Crippen molar-refractivity contribution in [1.82, 2.24) is 5.32 Å².